The molecule has 3 N–H and O–H groups in total. The predicted molar refractivity (Wildman–Crippen MR) is 47.7 cm³/mol. The fourth-order valence-electron chi connectivity index (χ4n) is 1.43. The Hall–Kier alpha value is -0.610. The maximum Gasteiger partial charge on any atom is 0.234 e. The van der Waals surface area contributed by atoms with Crippen molar-refractivity contribution < 1.29 is 4.79 Å². The van der Waals surface area contributed by atoms with Crippen molar-refractivity contribution in [1.82, 2.24) is 10.2 Å². The minimum absolute atomic E-state index is 0.119. The molecule has 1 fully saturated rings. The SMILES string of the molecule is CC(N)CN1CCCNC(=O)C1. The van der Waals surface area contributed by atoms with Crippen molar-refractivity contribution in [2.45, 2.75) is 19.4 Å². The smallest absolute Gasteiger partial charge is 0.234 e. The van der Waals surface area contributed by atoms with Crippen molar-refractivity contribution in [2.75, 3.05) is 26.2 Å². The zero-order chi connectivity index (χ0) is 8.97. The van der Waals surface area contributed by atoms with Crippen LogP contribution in [0.3, 0.4) is 0 Å². The van der Waals surface area contributed by atoms with E-state index in [0.717, 1.165) is 26.1 Å². The van der Waals surface area contributed by atoms with Gasteiger partial charge in [0.05, 0.1) is 6.54 Å². The number of amides is 1. The van der Waals surface area contributed by atoms with Gasteiger partial charge in [0, 0.05) is 25.7 Å². The van der Waals surface area contributed by atoms with Gasteiger partial charge in [-0.3, -0.25) is 9.69 Å². The van der Waals surface area contributed by atoms with Crippen LogP contribution in [0.1, 0.15) is 13.3 Å². The summed E-state index contributed by atoms with van der Waals surface area (Å²) in [7, 11) is 0. The predicted octanol–water partition coefficient (Wildman–Crippen LogP) is -0.844. The lowest BCUT2D eigenvalue weighted by atomic mass is 10.3. The Bertz CT molecular complexity index is 158. The summed E-state index contributed by atoms with van der Waals surface area (Å²) in [6.07, 6.45) is 1.03. The van der Waals surface area contributed by atoms with Crippen molar-refractivity contribution >= 4 is 5.91 Å². The molecule has 0 bridgehead atoms. The Kier molecular flexibility index (Phi) is 3.49. The van der Waals surface area contributed by atoms with Crippen LogP contribution in [0.5, 0.6) is 0 Å². The molecule has 1 saturated heterocycles. The van der Waals surface area contributed by atoms with Crippen molar-refractivity contribution in [3.8, 4) is 0 Å². The number of rotatable bonds is 2. The van der Waals surface area contributed by atoms with E-state index < -0.39 is 0 Å². The first-order valence-electron chi connectivity index (χ1n) is 4.43. The van der Waals surface area contributed by atoms with Crippen molar-refractivity contribution in [1.29, 1.82) is 0 Å². The Morgan fingerprint density at radius 2 is 2.50 bits per heavy atom. The topological polar surface area (TPSA) is 58.4 Å². The third kappa shape index (κ3) is 3.19. The lowest BCUT2D eigenvalue weighted by Gasteiger charge is -2.20. The van der Waals surface area contributed by atoms with E-state index in [9.17, 15) is 4.79 Å². The summed E-state index contributed by atoms with van der Waals surface area (Å²) in [6.45, 7) is 5.05. The average Bonchev–Trinajstić information content (AvgIpc) is 2.12. The van der Waals surface area contributed by atoms with Crippen LogP contribution in [-0.4, -0.2) is 43.0 Å². The Morgan fingerprint density at radius 3 is 3.17 bits per heavy atom. The molecule has 1 amide bonds. The quantitative estimate of drug-likeness (QED) is 0.569. The second kappa shape index (κ2) is 4.42. The van der Waals surface area contributed by atoms with E-state index in [2.05, 4.69) is 10.2 Å². The summed E-state index contributed by atoms with van der Waals surface area (Å²) in [4.78, 5) is 13.2. The van der Waals surface area contributed by atoms with E-state index >= 15 is 0 Å². The van der Waals surface area contributed by atoms with E-state index in [0.29, 0.717) is 6.54 Å². The van der Waals surface area contributed by atoms with Crippen molar-refractivity contribution in [3.63, 3.8) is 0 Å². The first-order valence-corrected chi connectivity index (χ1v) is 4.43. The Labute approximate surface area is 73.1 Å². The molecule has 0 aromatic heterocycles. The molecule has 0 aromatic rings. The van der Waals surface area contributed by atoms with Gasteiger partial charge in [-0.2, -0.15) is 0 Å². The molecule has 1 unspecified atom stereocenters. The zero-order valence-electron chi connectivity index (χ0n) is 7.55. The van der Waals surface area contributed by atoms with Gasteiger partial charge in [0.1, 0.15) is 0 Å². The minimum Gasteiger partial charge on any atom is -0.355 e. The van der Waals surface area contributed by atoms with Gasteiger partial charge in [-0.05, 0) is 13.3 Å². The molecule has 1 heterocycles. The van der Waals surface area contributed by atoms with Gasteiger partial charge in [-0.15, -0.1) is 0 Å². The number of hydrogen-bond acceptors (Lipinski definition) is 3. The van der Waals surface area contributed by atoms with Gasteiger partial charge in [-0.25, -0.2) is 0 Å². The van der Waals surface area contributed by atoms with Crippen molar-refractivity contribution in [3.05, 3.63) is 0 Å². The Balaban J connectivity index is 2.36. The number of nitrogens with zero attached hydrogens (tertiary/aromatic N) is 1. The van der Waals surface area contributed by atoms with Crippen molar-refractivity contribution in [2.24, 2.45) is 5.73 Å². The summed E-state index contributed by atoms with van der Waals surface area (Å²) in [5.74, 6) is 0.119. The molecule has 1 atom stereocenters. The van der Waals surface area contributed by atoms with Crippen LogP contribution in [0.2, 0.25) is 0 Å². The van der Waals surface area contributed by atoms with Crippen LogP contribution in [-0.2, 0) is 4.79 Å². The van der Waals surface area contributed by atoms with Gasteiger partial charge in [0.25, 0.3) is 0 Å². The van der Waals surface area contributed by atoms with Gasteiger partial charge in [0.2, 0.25) is 5.91 Å². The fraction of sp³-hybridized carbons (Fsp3) is 0.875. The maximum absolute atomic E-state index is 11.1. The number of hydrogen-bond donors (Lipinski definition) is 2. The standard InChI is InChI=1S/C8H17N3O/c1-7(9)5-11-4-2-3-10-8(12)6-11/h7H,2-6,9H2,1H3,(H,10,12). The normalized spacial score (nSPS) is 23.0. The molecule has 4 nitrogen and oxygen atoms in total. The van der Waals surface area contributed by atoms with E-state index in [1.165, 1.54) is 0 Å². The molecule has 1 rings (SSSR count). The third-order valence-electron chi connectivity index (χ3n) is 1.89. The van der Waals surface area contributed by atoms with Crippen LogP contribution in [0.25, 0.3) is 0 Å². The number of carbonyl (C=O) groups excluding carboxylic acids is 1. The summed E-state index contributed by atoms with van der Waals surface area (Å²) in [6, 6.07) is 0.149. The number of carbonyl (C=O) groups is 1. The molecule has 0 saturated carbocycles. The average molecular weight is 171 g/mol. The Morgan fingerprint density at radius 1 is 1.75 bits per heavy atom. The van der Waals surface area contributed by atoms with Gasteiger partial charge in [-0.1, -0.05) is 0 Å². The minimum atomic E-state index is 0.119. The highest BCUT2D eigenvalue weighted by Gasteiger charge is 2.14. The van der Waals surface area contributed by atoms with Crippen LogP contribution in [0.4, 0.5) is 0 Å². The number of nitrogens with one attached hydrogen (secondary N) is 1. The fourth-order valence-corrected chi connectivity index (χ4v) is 1.43. The van der Waals surface area contributed by atoms with Crippen LogP contribution in [0.15, 0.2) is 0 Å². The van der Waals surface area contributed by atoms with Gasteiger partial charge >= 0.3 is 0 Å². The van der Waals surface area contributed by atoms with Gasteiger partial charge < -0.3 is 11.1 Å². The van der Waals surface area contributed by atoms with E-state index in [1.807, 2.05) is 6.92 Å². The molecule has 0 radical (unpaired) electrons. The second-order valence-electron chi connectivity index (χ2n) is 3.42. The van der Waals surface area contributed by atoms with Crippen LogP contribution < -0.4 is 11.1 Å². The molecule has 1 aliphatic heterocycles. The molecule has 0 aromatic carbocycles. The molecule has 0 aliphatic carbocycles. The second-order valence-corrected chi connectivity index (χ2v) is 3.42. The molecule has 4 heteroatoms. The third-order valence-corrected chi connectivity index (χ3v) is 1.89. The summed E-state index contributed by atoms with van der Waals surface area (Å²) >= 11 is 0. The summed E-state index contributed by atoms with van der Waals surface area (Å²) in [5, 5.41) is 2.83. The van der Waals surface area contributed by atoms with Crippen LogP contribution in [0, 0.1) is 0 Å². The zero-order valence-corrected chi connectivity index (χ0v) is 7.55. The largest absolute Gasteiger partial charge is 0.355 e. The molecule has 1 aliphatic rings. The van der Waals surface area contributed by atoms with Gasteiger partial charge in [0.15, 0.2) is 0 Å². The molecule has 12 heavy (non-hydrogen) atoms. The van der Waals surface area contributed by atoms with E-state index in [1.54, 1.807) is 0 Å². The van der Waals surface area contributed by atoms with E-state index in [-0.39, 0.29) is 11.9 Å². The molecular formula is C8H17N3O. The maximum atomic E-state index is 11.1. The summed E-state index contributed by atoms with van der Waals surface area (Å²) in [5.41, 5.74) is 5.65. The monoisotopic (exact) mass is 171 g/mol. The molecule has 0 spiro atoms. The highest BCUT2D eigenvalue weighted by Crippen LogP contribution is 1.96. The highest BCUT2D eigenvalue weighted by atomic mass is 16.2. The first kappa shape index (κ1) is 9.48. The first-order chi connectivity index (χ1) is 5.68. The lowest BCUT2D eigenvalue weighted by Crippen LogP contribution is -2.39. The van der Waals surface area contributed by atoms with Crippen LogP contribution >= 0.6 is 0 Å². The molecular weight excluding hydrogens is 154 g/mol. The highest BCUT2D eigenvalue weighted by molar-refractivity contribution is 5.78. The summed E-state index contributed by atoms with van der Waals surface area (Å²) < 4.78 is 0. The van der Waals surface area contributed by atoms with E-state index in [4.69, 9.17) is 5.73 Å². The molecule has 70 valence electrons. The number of nitrogens with two attached hydrogens (primary N) is 1. The lowest BCUT2D eigenvalue weighted by molar-refractivity contribution is -0.121.